The number of aromatic nitrogens is 2. The minimum atomic E-state index is -4.70. The van der Waals surface area contributed by atoms with Crippen LogP contribution in [0.15, 0.2) is 28.8 Å². The molecule has 10 heteroatoms. The number of nitrogens with zero attached hydrogens (tertiary/aromatic N) is 2. The zero-order valence-electron chi connectivity index (χ0n) is 14.5. The Morgan fingerprint density at radius 3 is 2.63 bits per heavy atom. The molecule has 1 heterocycles. The average Bonchev–Trinajstić information content (AvgIpc) is 3.31. The minimum Gasteiger partial charge on any atom is -0.350 e. The maximum absolute atomic E-state index is 12.5. The van der Waals surface area contributed by atoms with E-state index < -0.39 is 12.1 Å². The third-order valence-corrected chi connectivity index (χ3v) is 3.94. The van der Waals surface area contributed by atoms with Crippen LogP contribution in [0.1, 0.15) is 36.0 Å². The molecule has 1 fully saturated rings. The molecule has 1 aromatic carbocycles. The van der Waals surface area contributed by atoms with Crippen molar-refractivity contribution in [2.24, 2.45) is 5.92 Å². The van der Waals surface area contributed by atoms with Gasteiger partial charge in [0.2, 0.25) is 5.82 Å². The van der Waals surface area contributed by atoms with E-state index in [1.54, 1.807) is 0 Å². The number of carbonyl (C=O) groups excluding carboxylic acids is 1. The number of carbonyl (C=O) groups is 1. The molecule has 0 unspecified atom stereocenters. The lowest BCUT2D eigenvalue weighted by Crippen LogP contribution is -2.39. The molecule has 1 aliphatic rings. The molecule has 2 aromatic rings. The van der Waals surface area contributed by atoms with E-state index >= 15 is 0 Å². The lowest BCUT2D eigenvalue weighted by atomic mass is 10.1. The van der Waals surface area contributed by atoms with Crippen LogP contribution in [0.2, 0.25) is 0 Å². The molecule has 2 N–H and O–H groups in total. The smallest absolute Gasteiger partial charge is 0.350 e. The van der Waals surface area contributed by atoms with E-state index in [4.69, 9.17) is 4.84 Å². The number of alkyl halides is 3. The van der Waals surface area contributed by atoms with Crippen molar-refractivity contribution in [3.8, 4) is 11.4 Å². The highest BCUT2D eigenvalue weighted by Gasteiger charge is 2.38. The van der Waals surface area contributed by atoms with Gasteiger partial charge in [-0.15, -0.1) is 0 Å². The van der Waals surface area contributed by atoms with Crippen LogP contribution in [0.4, 0.5) is 13.2 Å². The van der Waals surface area contributed by atoms with E-state index in [1.165, 1.54) is 37.1 Å². The number of hydrogen-bond donors (Lipinski definition) is 2. The SMILES string of the molecule is C[C@@H](CNC(=O)c1ccc(-c2noc(C(F)(F)F)n2)cc1)NOCC1CC1. The molecule has 27 heavy (non-hydrogen) atoms. The zero-order chi connectivity index (χ0) is 19.4. The van der Waals surface area contributed by atoms with Gasteiger partial charge in [-0.05, 0) is 37.8 Å². The first-order valence-corrected chi connectivity index (χ1v) is 8.50. The van der Waals surface area contributed by atoms with Crippen LogP contribution in [-0.2, 0) is 11.0 Å². The van der Waals surface area contributed by atoms with E-state index in [1.807, 2.05) is 6.92 Å². The molecule has 1 aliphatic carbocycles. The second-order valence-electron chi connectivity index (χ2n) is 6.48. The Bertz CT molecular complexity index is 772. The van der Waals surface area contributed by atoms with Crippen LogP contribution in [0.25, 0.3) is 11.4 Å². The van der Waals surface area contributed by atoms with Crippen LogP contribution in [0.5, 0.6) is 0 Å². The predicted molar refractivity (Wildman–Crippen MR) is 88.3 cm³/mol. The first-order chi connectivity index (χ1) is 12.8. The van der Waals surface area contributed by atoms with Crippen molar-refractivity contribution >= 4 is 5.91 Å². The van der Waals surface area contributed by atoms with Gasteiger partial charge < -0.3 is 14.7 Å². The lowest BCUT2D eigenvalue weighted by Gasteiger charge is -2.14. The number of halogens is 3. The molecule has 0 spiro atoms. The van der Waals surface area contributed by atoms with E-state index in [0.29, 0.717) is 30.2 Å². The summed E-state index contributed by atoms with van der Waals surface area (Å²) in [6.45, 7) is 2.92. The summed E-state index contributed by atoms with van der Waals surface area (Å²) in [7, 11) is 0. The zero-order valence-corrected chi connectivity index (χ0v) is 14.5. The van der Waals surface area contributed by atoms with Gasteiger partial charge in [-0.2, -0.15) is 23.6 Å². The Hall–Kier alpha value is -2.46. The normalized spacial score (nSPS) is 15.6. The number of hydroxylamine groups is 1. The first kappa shape index (κ1) is 19.3. The number of nitrogens with one attached hydrogen (secondary N) is 2. The summed E-state index contributed by atoms with van der Waals surface area (Å²) in [5, 5.41) is 6.06. The first-order valence-electron chi connectivity index (χ1n) is 8.50. The molecule has 3 rings (SSSR count). The van der Waals surface area contributed by atoms with Crippen LogP contribution in [0.3, 0.4) is 0 Å². The quantitative estimate of drug-likeness (QED) is 0.681. The average molecular weight is 384 g/mol. The van der Waals surface area contributed by atoms with Gasteiger partial charge in [0.15, 0.2) is 0 Å². The van der Waals surface area contributed by atoms with Gasteiger partial charge in [0.25, 0.3) is 5.91 Å². The summed E-state index contributed by atoms with van der Waals surface area (Å²) in [6.07, 6.45) is -2.30. The highest BCUT2D eigenvalue weighted by molar-refractivity contribution is 5.94. The van der Waals surface area contributed by atoms with E-state index in [9.17, 15) is 18.0 Å². The molecule has 0 bridgehead atoms. The highest BCUT2D eigenvalue weighted by Crippen LogP contribution is 2.29. The maximum Gasteiger partial charge on any atom is 0.471 e. The maximum atomic E-state index is 12.5. The molecule has 0 aliphatic heterocycles. The third kappa shape index (κ3) is 5.51. The molecule has 1 amide bonds. The molecule has 0 saturated heterocycles. The van der Waals surface area contributed by atoms with E-state index in [-0.39, 0.29) is 17.8 Å². The molecule has 146 valence electrons. The van der Waals surface area contributed by atoms with E-state index in [2.05, 4.69) is 25.5 Å². The van der Waals surface area contributed by atoms with Crippen LogP contribution in [-0.4, -0.2) is 35.2 Å². The number of hydrogen-bond acceptors (Lipinski definition) is 6. The molecule has 1 aromatic heterocycles. The van der Waals surface area contributed by atoms with E-state index in [0.717, 1.165) is 0 Å². The van der Waals surface area contributed by atoms with Crippen molar-refractivity contribution in [2.45, 2.75) is 32.0 Å². The molecule has 1 saturated carbocycles. The van der Waals surface area contributed by atoms with Gasteiger partial charge in [0.1, 0.15) is 0 Å². The van der Waals surface area contributed by atoms with Gasteiger partial charge in [-0.25, -0.2) is 0 Å². The minimum absolute atomic E-state index is 0.0629. The third-order valence-electron chi connectivity index (χ3n) is 3.94. The van der Waals surface area contributed by atoms with Gasteiger partial charge in [-0.3, -0.25) is 4.79 Å². The number of benzene rings is 1. The fraction of sp³-hybridized carbons (Fsp3) is 0.471. The van der Waals surface area contributed by atoms with Crippen LogP contribution < -0.4 is 10.8 Å². The van der Waals surface area contributed by atoms with Gasteiger partial charge in [0.05, 0.1) is 6.61 Å². The number of amides is 1. The number of rotatable bonds is 8. The summed E-state index contributed by atoms with van der Waals surface area (Å²) in [5.74, 6) is -1.27. The van der Waals surface area contributed by atoms with Crippen molar-refractivity contribution in [3.05, 3.63) is 35.7 Å². The topological polar surface area (TPSA) is 89.3 Å². The van der Waals surface area contributed by atoms with Gasteiger partial charge in [-0.1, -0.05) is 17.3 Å². The second kappa shape index (κ2) is 8.05. The Kier molecular flexibility index (Phi) is 5.76. The standard InChI is InChI=1S/C17H19F3N4O3/c1-10(23-26-9-11-2-3-11)8-21-15(25)13-6-4-12(5-7-13)14-22-16(27-24-14)17(18,19)20/h4-7,10-11,23H,2-3,8-9H2,1H3,(H,21,25)/t10-/m0/s1. The van der Waals surface area contributed by atoms with Crippen LogP contribution >= 0.6 is 0 Å². The van der Waals surface area contributed by atoms with Crippen molar-refractivity contribution in [1.82, 2.24) is 20.9 Å². The summed E-state index contributed by atoms with van der Waals surface area (Å²) >= 11 is 0. The lowest BCUT2D eigenvalue weighted by molar-refractivity contribution is -0.159. The Labute approximate surface area is 153 Å². The summed E-state index contributed by atoms with van der Waals surface area (Å²) < 4.78 is 41.7. The molecule has 0 radical (unpaired) electrons. The second-order valence-corrected chi connectivity index (χ2v) is 6.48. The largest absolute Gasteiger partial charge is 0.471 e. The Morgan fingerprint density at radius 2 is 2.04 bits per heavy atom. The van der Waals surface area contributed by atoms with Crippen molar-refractivity contribution in [1.29, 1.82) is 0 Å². The Morgan fingerprint density at radius 1 is 1.33 bits per heavy atom. The highest BCUT2D eigenvalue weighted by atomic mass is 19.4. The Balaban J connectivity index is 1.50. The summed E-state index contributed by atoms with van der Waals surface area (Å²) in [4.78, 5) is 20.8. The molecule has 7 nitrogen and oxygen atoms in total. The predicted octanol–water partition coefficient (Wildman–Crippen LogP) is 2.80. The van der Waals surface area contributed by atoms with Gasteiger partial charge >= 0.3 is 12.1 Å². The van der Waals surface area contributed by atoms with Crippen LogP contribution in [0, 0.1) is 5.92 Å². The summed E-state index contributed by atoms with van der Waals surface area (Å²) in [6, 6.07) is 5.82. The monoisotopic (exact) mass is 384 g/mol. The van der Waals surface area contributed by atoms with Gasteiger partial charge in [0, 0.05) is 23.7 Å². The van der Waals surface area contributed by atoms with Crippen molar-refractivity contribution in [3.63, 3.8) is 0 Å². The van der Waals surface area contributed by atoms with Crippen molar-refractivity contribution < 1.29 is 27.3 Å². The summed E-state index contributed by atoms with van der Waals surface area (Å²) in [5.41, 5.74) is 3.55. The van der Waals surface area contributed by atoms with Crippen molar-refractivity contribution in [2.75, 3.05) is 13.2 Å². The molecular weight excluding hydrogens is 365 g/mol. The fourth-order valence-corrected chi connectivity index (χ4v) is 2.21. The fourth-order valence-electron chi connectivity index (χ4n) is 2.21. The molecule has 1 atom stereocenters. The molecular formula is C17H19F3N4O3.